The number of carbonyl (C=O) groups excluding carboxylic acids is 1. The van der Waals surface area contributed by atoms with Gasteiger partial charge in [0, 0.05) is 6.20 Å². The summed E-state index contributed by atoms with van der Waals surface area (Å²) in [7, 11) is 0. The number of ketones is 1. The van der Waals surface area contributed by atoms with Crippen molar-refractivity contribution in [2.24, 2.45) is 0 Å². The minimum atomic E-state index is -1.49. The monoisotopic (exact) mass is 269 g/mol. The molecular formula is C10H8BrNO3. The molecule has 4 nitrogen and oxygen atoms in total. The zero-order valence-electron chi connectivity index (χ0n) is 7.74. The van der Waals surface area contributed by atoms with Gasteiger partial charge in [-0.15, -0.1) is 0 Å². The van der Waals surface area contributed by atoms with Gasteiger partial charge in [-0.3, -0.25) is 14.6 Å². The molecule has 1 heterocycles. The van der Waals surface area contributed by atoms with E-state index in [0.717, 1.165) is 5.56 Å². The van der Waals surface area contributed by atoms with E-state index in [2.05, 4.69) is 20.9 Å². The Kier molecular flexibility index (Phi) is 2.34. The minimum absolute atomic E-state index is 0.264. The maximum Gasteiger partial charge on any atom is 0.328 e. The first-order valence-corrected chi connectivity index (χ1v) is 5.26. The molecule has 0 saturated carbocycles. The number of aliphatic carboxylic acids is 1. The number of nitrogens with zero attached hydrogens (tertiary/aromatic N) is 1. The molecule has 15 heavy (non-hydrogen) atoms. The number of carboxylic acid groups (broad SMARTS) is 1. The van der Waals surface area contributed by atoms with Gasteiger partial charge in [-0.2, -0.15) is 0 Å². The predicted molar refractivity (Wildman–Crippen MR) is 56.2 cm³/mol. The first-order chi connectivity index (χ1) is 7.05. The van der Waals surface area contributed by atoms with Crippen molar-refractivity contribution in [3.05, 3.63) is 29.6 Å². The third kappa shape index (κ3) is 1.47. The molecule has 0 amide bonds. The van der Waals surface area contributed by atoms with Crippen molar-refractivity contribution in [1.82, 2.24) is 4.98 Å². The smallest absolute Gasteiger partial charge is 0.328 e. The van der Waals surface area contributed by atoms with Crippen molar-refractivity contribution in [1.29, 1.82) is 0 Å². The first-order valence-electron chi connectivity index (χ1n) is 4.47. The minimum Gasteiger partial charge on any atom is -0.480 e. The predicted octanol–water partition coefficient (Wildman–Crippen LogP) is 1.43. The molecule has 1 aliphatic carbocycles. The highest BCUT2D eigenvalue weighted by Gasteiger charge is 2.47. The number of rotatable bonds is 1. The molecule has 0 spiro atoms. The maximum absolute atomic E-state index is 11.9. The molecule has 0 fully saturated rings. The third-order valence-electron chi connectivity index (χ3n) is 2.54. The Morgan fingerprint density at radius 3 is 3.00 bits per heavy atom. The van der Waals surface area contributed by atoms with E-state index >= 15 is 0 Å². The van der Waals surface area contributed by atoms with Crippen molar-refractivity contribution < 1.29 is 14.7 Å². The summed E-state index contributed by atoms with van der Waals surface area (Å²) in [6, 6.07) is 3.54. The van der Waals surface area contributed by atoms with Gasteiger partial charge in [-0.05, 0) is 24.5 Å². The van der Waals surface area contributed by atoms with Gasteiger partial charge in [0.05, 0.1) is 0 Å². The number of Topliss-reactive ketones (excluding diaryl/α,β-unsaturated/α-hetero) is 1. The topological polar surface area (TPSA) is 67.3 Å². The van der Waals surface area contributed by atoms with Gasteiger partial charge in [0.1, 0.15) is 5.69 Å². The van der Waals surface area contributed by atoms with E-state index in [1.54, 1.807) is 12.1 Å². The van der Waals surface area contributed by atoms with Crippen LogP contribution in [0.25, 0.3) is 0 Å². The van der Waals surface area contributed by atoms with Crippen LogP contribution in [-0.2, 0) is 11.2 Å². The average molecular weight is 270 g/mol. The van der Waals surface area contributed by atoms with Crippen LogP contribution in [0.4, 0.5) is 0 Å². The summed E-state index contributed by atoms with van der Waals surface area (Å²) < 4.78 is -1.49. The summed E-state index contributed by atoms with van der Waals surface area (Å²) in [5.74, 6) is -1.61. The quantitative estimate of drug-likeness (QED) is 0.619. The Balaban J connectivity index is 2.51. The summed E-state index contributed by atoms with van der Waals surface area (Å²) in [5.41, 5.74) is 1.09. The second kappa shape index (κ2) is 3.41. The lowest BCUT2D eigenvalue weighted by Gasteiger charge is -2.26. The van der Waals surface area contributed by atoms with Crippen LogP contribution in [0.5, 0.6) is 0 Å². The molecule has 0 saturated heterocycles. The normalized spacial score (nSPS) is 24.7. The second-order valence-electron chi connectivity index (χ2n) is 3.45. The zero-order chi connectivity index (χ0) is 11.1. The van der Waals surface area contributed by atoms with E-state index in [1.807, 2.05) is 0 Å². The highest BCUT2D eigenvalue weighted by atomic mass is 79.9. The summed E-state index contributed by atoms with van der Waals surface area (Å²) in [6.07, 6.45) is 2.31. The Hall–Kier alpha value is -1.23. The third-order valence-corrected chi connectivity index (χ3v) is 3.64. The lowest BCUT2D eigenvalue weighted by atomic mass is 9.85. The van der Waals surface area contributed by atoms with Gasteiger partial charge in [-0.1, -0.05) is 22.0 Å². The first kappa shape index (κ1) is 10.3. The molecule has 1 aliphatic rings. The van der Waals surface area contributed by atoms with Gasteiger partial charge < -0.3 is 5.11 Å². The number of hydrogen-bond acceptors (Lipinski definition) is 3. The van der Waals surface area contributed by atoms with Crippen LogP contribution in [0.1, 0.15) is 22.5 Å². The molecule has 2 rings (SSSR count). The SMILES string of the molecule is O=C(O)C1(Br)CCc2cccnc2C1=O. The van der Waals surface area contributed by atoms with Crippen LogP contribution in [0.3, 0.4) is 0 Å². The highest BCUT2D eigenvalue weighted by molar-refractivity contribution is 9.10. The van der Waals surface area contributed by atoms with Crippen LogP contribution >= 0.6 is 15.9 Å². The van der Waals surface area contributed by atoms with Gasteiger partial charge in [0.25, 0.3) is 0 Å². The molecule has 1 aromatic heterocycles. The Labute approximate surface area is 94.5 Å². The van der Waals surface area contributed by atoms with Crippen molar-refractivity contribution in [2.45, 2.75) is 17.2 Å². The molecule has 1 N–H and O–H groups in total. The molecule has 0 aromatic carbocycles. The molecule has 78 valence electrons. The lowest BCUT2D eigenvalue weighted by molar-refractivity contribution is -0.138. The van der Waals surface area contributed by atoms with Crippen molar-refractivity contribution in [3.8, 4) is 0 Å². The van der Waals surface area contributed by atoms with Gasteiger partial charge in [-0.25, -0.2) is 0 Å². The summed E-state index contributed by atoms with van der Waals surface area (Å²) in [4.78, 5) is 26.8. The van der Waals surface area contributed by atoms with E-state index in [1.165, 1.54) is 6.20 Å². The number of carboxylic acids is 1. The molecule has 0 aliphatic heterocycles. The number of alkyl halides is 1. The number of halogens is 1. The average Bonchev–Trinajstić information content (AvgIpc) is 2.24. The maximum atomic E-state index is 11.9. The molecule has 1 atom stereocenters. The number of pyridine rings is 1. The van der Waals surface area contributed by atoms with Crippen molar-refractivity contribution in [2.75, 3.05) is 0 Å². The van der Waals surface area contributed by atoms with Crippen LogP contribution in [0.2, 0.25) is 0 Å². The molecule has 0 radical (unpaired) electrons. The molecule has 1 aromatic rings. The van der Waals surface area contributed by atoms with Gasteiger partial charge in [0.2, 0.25) is 5.78 Å². The highest BCUT2D eigenvalue weighted by Crippen LogP contribution is 2.34. The van der Waals surface area contributed by atoms with E-state index in [9.17, 15) is 9.59 Å². The number of fused-ring (bicyclic) bond motifs is 1. The van der Waals surface area contributed by atoms with Gasteiger partial charge in [0.15, 0.2) is 4.32 Å². The summed E-state index contributed by atoms with van der Waals surface area (Å²) >= 11 is 3.01. The summed E-state index contributed by atoms with van der Waals surface area (Å²) in [6.45, 7) is 0. The fourth-order valence-corrected chi connectivity index (χ4v) is 2.04. The standard InChI is InChI=1S/C10H8BrNO3/c11-10(9(14)15)4-3-6-2-1-5-12-7(6)8(10)13/h1-2,5H,3-4H2,(H,14,15). The molecular weight excluding hydrogens is 262 g/mol. The van der Waals surface area contributed by atoms with E-state index < -0.39 is 16.1 Å². The fraction of sp³-hybridized carbons (Fsp3) is 0.300. The number of carbonyl (C=O) groups is 2. The molecule has 5 heteroatoms. The van der Waals surface area contributed by atoms with Gasteiger partial charge >= 0.3 is 5.97 Å². The molecule has 1 unspecified atom stereocenters. The Morgan fingerprint density at radius 2 is 2.33 bits per heavy atom. The number of hydrogen-bond donors (Lipinski definition) is 1. The molecule has 0 bridgehead atoms. The van der Waals surface area contributed by atoms with Crippen molar-refractivity contribution >= 4 is 27.7 Å². The Morgan fingerprint density at radius 1 is 1.60 bits per heavy atom. The second-order valence-corrected chi connectivity index (χ2v) is 4.80. The summed E-state index contributed by atoms with van der Waals surface area (Å²) in [5, 5.41) is 9.00. The van der Waals surface area contributed by atoms with E-state index in [4.69, 9.17) is 5.11 Å². The fourth-order valence-electron chi connectivity index (χ4n) is 1.66. The largest absolute Gasteiger partial charge is 0.480 e. The lowest BCUT2D eigenvalue weighted by Crippen LogP contribution is -2.44. The Bertz CT molecular complexity index is 446. The van der Waals surface area contributed by atoms with Crippen LogP contribution in [0, 0.1) is 0 Å². The van der Waals surface area contributed by atoms with E-state index in [0.29, 0.717) is 6.42 Å². The van der Waals surface area contributed by atoms with Crippen LogP contribution in [-0.4, -0.2) is 26.2 Å². The van der Waals surface area contributed by atoms with Crippen LogP contribution in [0.15, 0.2) is 18.3 Å². The van der Waals surface area contributed by atoms with Crippen LogP contribution < -0.4 is 0 Å². The number of aryl methyl sites for hydroxylation is 1. The van der Waals surface area contributed by atoms with E-state index in [-0.39, 0.29) is 12.1 Å². The number of aromatic nitrogens is 1. The van der Waals surface area contributed by atoms with Crippen molar-refractivity contribution in [3.63, 3.8) is 0 Å². The zero-order valence-corrected chi connectivity index (χ0v) is 9.32.